The topological polar surface area (TPSA) is 27.7 Å². The van der Waals surface area contributed by atoms with Crippen LogP contribution in [0.25, 0.3) is 0 Å². The third-order valence-corrected chi connectivity index (χ3v) is 2.61. The van der Waals surface area contributed by atoms with Crippen molar-refractivity contribution < 1.29 is 9.22 Å². The number of rotatable bonds is 6. The molecule has 0 aromatic carbocycles. The fourth-order valence-corrected chi connectivity index (χ4v) is 1.80. The number of hydrogen-bond acceptors (Lipinski definition) is 4. The molecule has 15 heavy (non-hydrogen) atoms. The second-order valence-electron chi connectivity index (χ2n) is 4.29. The van der Waals surface area contributed by atoms with Crippen molar-refractivity contribution in [3.8, 4) is 0 Å². The highest BCUT2D eigenvalue weighted by Crippen LogP contribution is 2.05. The molecule has 1 atom stereocenters. The summed E-state index contributed by atoms with van der Waals surface area (Å²) in [7, 11) is 4.16. The van der Waals surface area contributed by atoms with Crippen LogP contribution in [0.4, 0.5) is 4.48 Å². The summed E-state index contributed by atoms with van der Waals surface area (Å²) in [5.74, 6) is 0. The van der Waals surface area contributed by atoms with Gasteiger partial charge in [-0.25, -0.2) is 0 Å². The van der Waals surface area contributed by atoms with Gasteiger partial charge in [0.2, 0.25) is 0 Å². The monoisotopic (exact) mass is 219 g/mol. The van der Waals surface area contributed by atoms with Crippen molar-refractivity contribution in [2.24, 2.45) is 0 Å². The standard InChI is InChI=1S/C10H22FN3O/c1-13(2)4-3-5-14-6-7-15-10(9-14)8-12-11/h10,12H,3-9H2,1-2H3. The molecule has 0 aromatic rings. The predicted octanol–water partition coefficient (Wildman–Crippen LogP) is 0.113. The Morgan fingerprint density at radius 2 is 2.33 bits per heavy atom. The lowest BCUT2D eigenvalue weighted by Gasteiger charge is -2.32. The van der Waals surface area contributed by atoms with Crippen LogP contribution in [0.5, 0.6) is 0 Å². The fraction of sp³-hybridized carbons (Fsp3) is 1.00. The molecule has 1 heterocycles. The lowest BCUT2D eigenvalue weighted by molar-refractivity contribution is -0.0339. The Kier molecular flexibility index (Phi) is 6.09. The van der Waals surface area contributed by atoms with Gasteiger partial charge in [0.15, 0.2) is 0 Å². The van der Waals surface area contributed by atoms with Crippen LogP contribution >= 0.6 is 0 Å². The maximum atomic E-state index is 11.9. The van der Waals surface area contributed by atoms with E-state index in [1.54, 1.807) is 5.54 Å². The molecule has 0 saturated carbocycles. The highest BCUT2D eigenvalue weighted by atomic mass is 19.2. The summed E-state index contributed by atoms with van der Waals surface area (Å²) < 4.78 is 17.3. The van der Waals surface area contributed by atoms with E-state index >= 15 is 0 Å². The second kappa shape index (κ2) is 7.11. The Morgan fingerprint density at radius 3 is 3.00 bits per heavy atom. The fourth-order valence-electron chi connectivity index (χ4n) is 1.80. The quantitative estimate of drug-likeness (QED) is 0.642. The van der Waals surface area contributed by atoms with Crippen LogP contribution in [-0.4, -0.2) is 69.3 Å². The van der Waals surface area contributed by atoms with E-state index in [0.717, 1.165) is 32.6 Å². The third kappa shape index (κ3) is 5.41. The van der Waals surface area contributed by atoms with Crippen LogP contribution in [0.1, 0.15) is 6.42 Å². The van der Waals surface area contributed by atoms with Crippen molar-refractivity contribution in [3.63, 3.8) is 0 Å². The zero-order valence-electron chi connectivity index (χ0n) is 9.71. The maximum Gasteiger partial charge on any atom is 0.0852 e. The number of nitrogens with zero attached hydrogens (tertiary/aromatic N) is 2. The van der Waals surface area contributed by atoms with Crippen LogP contribution in [0, 0.1) is 0 Å². The molecule has 5 heteroatoms. The minimum Gasteiger partial charge on any atom is -0.374 e. The van der Waals surface area contributed by atoms with E-state index in [1.165, 1.54) is 0 Å². The lowest BCUT2D eigenvalue weighted by atomic mass is 10.2. The molecule has 1 saturated heterocycles. The summed E-state index contributed by atoms with van der Waals surface area (Å²) in [6.07, 6.45) is 1.16. The normalized spacial score (nSPS) is 23.6. The van der Waals surface area contributed by atoms with Gasteiger partial charge in [-0.05, 0) is 33.6 Å². The first-order valence-corrected chi connectivity index (χ1v) is 5.54. The Bertz CT molecular complexity index is 167. The first-order valence-electron chi connectivity index (χ1n) is 5.54. The van der Waals surface area contributed by atoms with Gasteiger partial charge in [-0.1, -0.05) is 0 Å². The molecule has 0 radical (unpaired) electrons. The SMILES string of the molecule is CN(C)CCCN1CCOC(CNF)C1. The van der Waals surface area contributed by atoms with Gasteiger partial charge in [0.05, 0.1) is 19.3 Å². The molecule has 90 valence electrons. The summed E-state index contributed by atoms with van der Waals surface area (Å²) in [6, 6.07) is 0. The van der Waals surface area contributed by atoms with Gasteiger partial charge in [0, 0.05) is 13.1 Å². The smallest absolute Gasteiger partial charge is 0.0852 e. The Hall–Kier alpha value is -0.230. The van der Waals surface area contributed by atoms with E-state index in [-0.39, 0.29) is 6.10 Å². The van der Waals surface area contributed by atoms with Crippen molar-refractivity contribution >= 4 is 0 Å². The lowest BCUT2D eigenvalue weighted by Crippen LogP contribution is -2.46. The van der Waals surface area contributed by atoms with Crippen molar-refractivity contribution in [1.82, 2.24) is 15.3 Å². The Morgan fingerprint density at radius 1 is 1.53 bits per heavy atom. The van der Waals surface area contributed by atoms with Crippen LogP contribution in [0.2, 0.25) is 0 Å². The van der Waals surface area contributed by atoms with Gasteiger partial charge < -0.3 is 9.64 Å². The maximum absolute atomic E-state index is 11.9. The minimum atomic E-state index is 0.00288. The molecule has 0 aliphatic carbocycles. The zero-order chi connectivity index (χ0) is 11.1. The Labute approximate surface area is 91.3 Å². The van der Waals surface area contributed by atoms with E-state index in [9.17, 15) is 4.48 Å². The van der Waals surface area contributed by atoms with E-state index in [4.69, 9.17) is 4.74 Å². The number of nitrogens with one attached hydrogen (secondary N) is 1. The molecule has 0 amide bonds. The molecule has 1 fully saturated rings. The number of halogens is 1. The van der Waals surface area contributed by atoms with E-state index in [0.29, 0.717) is 13.2 Å². The highest BCUT2D eigenvalue weighted by molar-refractivity contribution is 4.72. The van der Waals surface area contributed by atoms with Crippen LogP contribution in [0.15, 0.2) is 0 Å². The third-order valence-electron chi connectivity index (χ3n) is 2.61. The molecular weight excluding hydrogens is 197 g/mol. The van der Waals surface area contributed by atoms with Gasteiger partial charge in [0.1, 0.15) is 0 Å². The molecule has 1 aliphatic heterocycles. The van der Waals surface area contributed by atoms with Gasteiger partial charge in [0.25, 0.3) is 0 Å². The van der Waals surface area contributed by atoms with E-state index in [1.807, 2.05) is 0 Å². The highest BCUT2D eigenvalue weighted by Gasteiger charge is 2.19. The minimum absolute atomic E-state index is 0.00288. The summed E-state index contributed by atoms with van der Waals surface area (Å²) in [5, 5.41) is 0. The number of morpholine rings is 1. The first-order chi connectivity index (χ1) is 7.22. The molecule has 1 aliphatic rings. The zero-order valence-corrected chi connectivity index (χ0v) is 9.71. The summed E-state index contributed by atoms with van der Waals surface area (Å²) in [6.45, 7) is 4.99. The van der Waals surface area contributed by atoms with Gasteiger partial charge in [-0.15, -0.1) is 4.48 Å². The molecule has 1 rings (SSSR count). The van der Waals surface area contributed by atoms with Gasteiger partial charge in [-0.2, -0.15) is 5.54 Å². The van der Waals surface area contributed by atoms with E-state index in [2.05, 4.69) is 23.9 Å². The molecule has 1 unspecified atom stereocenters. The Balaban J connectivity index is 2.12. The molecule has 1 N–H and O–H groups in total. The molecule has 0 bridgehead atoms. The van der Waals surface area contributed by atoms with Crippen molar-refractivity contribution in [2.75, 3.05) is 53.4 Å². The molecule has 0 aromatic heterocycles. The van der Waals surface area contributed by atoms with Crippen LogP contribution in [0.3, 0.4) is 0 Å². The summed E-state index contributed by atoms with van der Waals surface area (Å²) >= 11 is 0. The van der Waals surface area contributed by atoms with Crippen molar-refractivity contribution in [1.29, 1.82) is 0 Å². The second-order valence-corrected chi connectivity index (χ2v) is 4.29. The molecule has 0 spiro atoms. The summed E-state index contributed by atoms with van der Waals surface area (Å²) in [5.41, 5.74) is 1.67. The largest absolute Gasteiger partial charge is 0.374 e. The van der Waals surface area contributed by atoms with Crippen LogP contribution < -0.4 is 5.54 Å². The van der Waals surface area contributed by atoms with Gasteiger partial charge >= 0.3 is 0 Å². The van der Waals surface area contributed by atoms with Crippen molar-refractivity contribution in [2.45, 2.75) is 12.5 Å². The predicted molar refractivity (Wildman–Crippen MR) is 58.5 cm³/mol. The number of ether oxygens (including phenoxy) is 1. The summed E-state index contributed by atoms with van der Waals surface area (Å²) in [4.78, 5) is 4.52. The van der Waals surface area contributed by atoms with Gasteiger partial charge in [-0.3, -0.25) is 4.90 Å². The molecule has 4 nitrogen and oxygen atoms in total. The average molecular weight is 219 g/mol. The van der Waals surface area contributed by atoms with Crippen LogP contribution in [-0.2, 0) is 4.74 Å². The average Bonchev–Trinajstić information content (AvgIpc) is 2.18. The van der Waals surface area contributed by atoms with E-state index < -0.39 is 0 Å². The first kappa shape index (κ1) is 12.8. The van der Waals surface area contributed by atoms with Crippen molar-refractivity contribution in [3.05, 3.63) is 0 Å². The number of hydrogen-bond donors (Lipinski definition) is 1. The molecular formula is C10H22FN3O.